The van der Waals surface area contributed by atoms with Crippen LogP contribution in [0.3, 0.4) is 0 Å². The van der Waals surface area contributed by atoms with E-state index in [4.69, 9.17) is 14.2 Å². The van der Waals surface area contributed by atoms with Crippen LogP contribution in [0, 0.1) is 6.92 Å². The Kier molecular flexibility index (Phi) is 5.58. The molecule has 0 bridgehead atoms. The number of carbonyl (C=O) groups excluding carboxylic acids is 1. The molecule has 1 aliphatic heterocycles. The lowest BCUT2D eigenvalue weighted by Gasteiger charge is -2.31. The van der Waals surface area contributed by atoms with Crippen LogP contribution in [0.15, 0.2) is 36.4 Å². The summed E-state index contributed by atoms with van der Waals surface area (Å²) in [5.74, 6) is 1.20. The third-order valence-electron chi connectivity index (χ3n) is 5.20. The van der Waals surface area contributed by atoms with Crippen LogP contribution in [0.1, 0.15) is 28.8 Å². The fourth-order valence-electron chi connectivity index (χ4n) is 3.55. The fraction of sp³-hybridized carbons (Fsp3) is 0.364. The molecule has 1 saturated heterocycles. The van der Waals surface area contributed by atoms with Crippen LogP contribution in [0.2, 0.25) is 0 Å². The molecule has 0 N–H and O–H groups in total. The first-order valence-electron chi connectivity index (χ1n) is 9.62. The maximum absolute atomic E-state index is 12.9. The molecule has 29 heavy (non-hydrogen) atoms. The van der Waals surface area contributed by atoms with Crippen molar-refractivity contribution < 1.29 is 19.0 Å². The van der Waals surface area contributed by atoms with E-state index in [2.05, 4.69) is 24.0 Å². The maximum atomic E-state index is 12.9. The Morgan fingerprint density at radius 3 is 2.41 bits per heavy atom. The zero-order valence-corrected chi connectivity index (χ0v) is 17.6. The second-order valence-corrected chi connectivity index (χ2v) is 8.11. The average Bonchev–Trinajstić information content (AvgIpc) is 3.17. The number of thiazole rings is 1. The van der Waals surface area contributed by atoms with Crippen LogP contribution in [-0.2, 0) is 0 Å². The van der Waals surface area contributed by atoms with Gasteiger partial charge in [0.25, 0.3) is 11.1 Å². The fourth-order valence-corrected chi connectivity index (χ4v) is 4.51. The van der Waals surface area contributed by atoms with Gasteiger partial charge < -0.3 is 19.1 Å². The smallest absolute Gasteiger partial charge is 0.274 e. The van der Waals surface area contributed by atoms with Gasteiger partial charge in [-0.1, -0.05) is 23.5 Å². The molecule has 6 nitrogen and oxygen atoms in total. The summed E-state index contributed by atoms with van der Waals surface area (Å²) in [6.45, 7) is 3.35. The number of piperidine rings is 1. The van der Waals surface area contributed by atoms with E-state index in [-0.39, 0.29) is 12.0 Å². The van der Waals surface area contributed by atoms with E-state index >= 15 is 0 Å². The van der Waals surface area contributed by atoms with Crippen molar-refractivity contribution in [2.24, 2.45) is 0 Å². The molecule has 1 amide bonds. The van der Waals surface area contributed by atoms with Crippen molar-refractivity contribution in [2.75, 3.05) is 27.3 Å². The first-order valence-corrected chi connectivity index (χ1v) is 10.4. The predicted octanol–water partition coefficient (Wildman–Crippen LogP) is 4.31. The van der Waals surface area contributed by atoms with E-state index in [1.54, 1.807) is 43.8 Å². The Labute approximate surface area is 174 Å². The van der Waals surface area contributed by atoms with Crippen molar-refractivity contribution >= 4 is 27.5 Å². The average molecular weight is 413 g/mol. The van der Waals surface area contributed by atoms with Crippen LogP contribution < -0.4 is 14.2 Å². The summed E-state index contributed by atoms with van der Waals surface area (Å²) in [6, 6.07) is 11.4. The van der Waals surface area contributed by atoms with Gasteiger partial charge in [-0.3, -0.25) is 4.79 Å². The van der Waals surface area contributed by atoms with Crippen molar-refractivity contribution in [2.45, 2.75) is 25.9 Å². The summed E-state index contributed by atoms with van der Waals surface area (Å²) in [6.07, 6.45) is 1.63. The number of aryl methyl sites for hydroxylation is 1. The molecule has 1 fully saturated rings. The summed E-state index contributed by atoms with van der Waals surface area (Å²) in [5.41, 5.74) is 2.73. The molecule has 0 saturated carbocycles. The number of aromatic nitrogens is 1. The van der Waals surface area contributed by atoms with Crippen molar-refractivity contribution in [3.05, 3.63) is 47.5 Å². The highest BCUT2D eigenvalue weighted by Crippen LogP contribution is 2.31. The van der Waals surface area contributed by atoms with Gasteiger partial charge in [0, 0.05) is 37.6 Å². The van der Waals surface area contributed by atoms with Gasteiger partial charge in [0.15, 0.2) is 0 Å². The molecule has 1 aromatic heterocycles. The number of fused-ring (bicyclic) bond motifs is 1. The third-order valence-corrected chi connectivity index (χ3v) is 6.11. The number of benzene rings is 2. The van der Waals surface area contributed by atoms with Gasteiger partial charge in [-0.25, -0.2) is 4.98 Å². The number of nitrogens with zero attached hydrogens (tertiary/aromatic N) is 2. The van der Waals surface area contributed by atoms with E-state index in [0.717, 1.165) is 28.6 Å². The summed E-state index contributed by atoms with van der Waals surface area (Å²) in [5, 5.41) is 0.705. The van der Waals surface area contributed by atoms with Gasteiger partial charge in [-0.15, -0.1) is 0 Å². The number of ether oxygens (including phenoxy) is 3. The minimum atomic E-state index is -0.0174. The highest BCUT2D eigenvalue weighted by atomic mass is 32.1. The number of likely N-dealkylation sites (tertiary alicyclic amines) is 1. The Balaban J connectivity index is 1.40. The standard InChI is InChI=1S/C22H24N2O4S/c1-14-5-4-6-19-20(14)23-22(29-19)28-16-7-9-24(10-8-16)21(25)15-11-17(26-2)13-18(12-15)27-3/h4-6,11-13,16H,7-10H2,1-3H3. The number of methoxy groups -OCH3 is 2. The molecule has 7 heteroatoms. The lowest BCUT2D eigenvalue weighted by Crippen LogP contribution is -2.41. The molecule has 2 heterocycles. The molecule has 0 spiro atoms. The highest BCUT2D eigenvalue weighted by molar-refractivity contribution is 7.20. The molecule has 1 aliphatic rings. The van der Waals surface area contributed by atoms with Gasteiger partial charge in [0.1, 0.15) is 17.6 Å². The zero-order valence-electron chi connectivity index (χ0n) is 16.8. The largest absolute Gasteiger partial charge is 0.497 e. The molecule has 3 aromatic rings. The van der Waals surface area contributed by atoms with Gasteiger partial charge in [-0.05, 0) is 30.7 Å². The molecule has 152 valence electrons. The van der Waals surface area contributed by atoms with Gasteiger partial charge >= 0.3 is 0 Å². The first-order chi connectivity index (χ1) is 14.1. The Hall–Kier alpha value is -2.80. The summed E-state index contributed by atoms with van der Waals surface area (Å²) in [7, 11) is 3.16. The molecule has 4 rings (SSSR count). The first kappa shape index (κ1) is 19.5. The van der Waals surface area contributed by atoms with E-state index in [0.29, 0.717) is 35.3 Å². The number of rotatable bonds is 5. The topological polar surface area (TPSA) is 60.9 Å². The van der Waals surface area contributed by atoms with Crippen LogP contribution in [0.5, 0.6) is 16.7 Å². The number of carbonyl (C=O) groups is 1. The van der Waals surface area contributed by atoms with Crippen LogP contribution >= 0.6 is 11.3 Å². The maximum Gasteiger partial charge on any atom is 0.274 e. The van der Waals surface area contributed by atoms with E-state index in [1.165, 1.54) is 0 Å². The third kappa shape index (κ3) is 4.15. The SMILES string of the molecule is COc1cc(OC)cc(C(=O)N2CCC(Oc3nc4c(C)cccc4s3)CC2)c1. The van der Waals surface area contributed by atoms with Crippen molar-refractivity contribution in [1.82, 2.24) is 9.88 Å². The molecule has 0 aliphatic carbocycles. The number of para-hydroxylation sites is 1. The molecular weight excluding hydrogens is 388 g/mol. The molecule has 0 atom stereocenters. The normalized spacial score (nSPS) is 14.8. The van der Waals surface area contributed by atoms with Crippen molar-refractivity contribution in [1.29, 1.82) is 0 Å². The summed E-state index contributed by atoms with van der Waals surface area (Å²) >= 11 is 1.58. The van der Waals surface area contributed by atoms with Crippen LogP contribution in [0.4, 0.5) is 0 Å². The van der Waals surface area contributed by atoms with Gasteiger partial charge in [0.05, 0.1) is 24.4 Å². The summed E-state index contributed by atoms with van der Waals surface area (Å²) < 4.78 is 17.8. The second kappa shape index (κ2) is 8.29. The lowest BCUT2D eigenvalue weighted by molar-refractivity contribution is 0.0595. The molecular formula is C22H24N2O4S. The molecule has 2 aromatic carbocycles. The monoisotopic (exact) mass is 412 g/mol. The highest BCUT2D eigenvalue weighted by Gasteiger charge is 2.26. The number of amides is 1. The number of hydrogen-bond acceptors (Lipinski definition) is 6. The minimum absolute atomic E-state index is 0.0174. The van der Waals surface area contributed by atoms with Gasteiger partial charge in [-0.2, -0.15) is 0 Å². The Bertz CT molecular complexity index is 1000. The lowest BCUT2D eigenvalue weighted by atomic mass is 10.1. The van der Waals surface area contributed by atoms with Crippen molar-refractivity contribution in [3.63, 3.8) is 0 Å². The predicted molar refractivity (Wildman–Crippen MR) is 113 cm³/mol. The van der Waals surface area contributed by atoms with Crippen LogP contribution in [0.25, 0.3) is 10.2 Å². The number of hydrogen-bond donors (Lipinski definition) is 0. The molecule has 0 radical (unpaired) electrons. The minimum Gasteiger partial charge on any atom is -0.497 e. The van der Waals surface area contributed by atoms with Gasteiger partial charge in [0.2, 0.25) is 0 Å². The van der Waals surface area contributed by atoms with E-state index in [9.17, 15) is 4.79 Å². The summed E-state index contributed by atoms with van der Waals surface area (Å²) in [4.78, 5) is 19.4. The Morgan fingerprint density at radius 1 is 1.10 bits per heavy atom. The van der Waals surface area contributed by atoms with E-state index < -0.39 is 0 Å². The quantitative estimate of drug-likeness (QED) is 0.625. The second-order valence-electron chi connectivity index (χ2n) is 7.11. The van der Waals surface area contributed by atoms with E-state index in [1.807, 2.05) is 11.0 Å². The molecule has 0 unspecified atom stereocenters. The Morgan fingerprint density at radius 2 is 1.79 bits per heavy atom. The van der Waals surface area contributed by atoms with Crippen LogP contribution in [-0.4, -0.2) is 49.2 Å². The van der Waals surface area contributed by atoms with Crippen molar-refractivity contribution in [3.8, 4) is 16.7 Å². The zero-order chi connectivity index (χ0) is 20.4.